The molecule has 0 aliphatic carbocycles. The predicted molar refractivity (Wildman–Crippen MR) is 550 cm³/mol. The molecule has 4 unspecified atom stereocenters. The second-order valence-corrected chi connectivity index (χ2v) is 33.7. The van der Waals surface area contributed by atoms with E-state index in [1.54, 1.807) is 27.7 Å². The van der Waals surface area contributed by atoms with Gasteiger partial charge in [-0.25, -0.2) is 0 Å². The third kappa shape index (κ3) is 26.3. The summed E-state index contributed by atoms with van der Waals surface area (Å²) in [6.07, 6.45) is 10.8. The molecule has 137 heavy (non-hydrogen) atoms. The van der Waals surface area contributed by atoms with Crippen LogP contribution in [0.15, 0.2) is 309 Å². The standard InChI is InChI=1S/C25H19N2.3C24H17N2.4C5H10O2.4Ir/c1-15-9-11-20-21(13-15)19-12-10-16(2)17(3)23(19)25-24(20)26-14-22(27-25)18-7-5-4-6-8-18;1-15-12-16(2)22-18-10-6-7-11-19(18)23-24(20(22)13-15)26-21(14-25-23)17-8-4-3-5-9-17;1-15-12-16(2)22-20(13-15)18-10-6-7-11-19(18)23-24(22)26-21(14-25-23)17-8-4-3-5-9-17;1-15-12-13-19-18-10-6-7-11-20(18)23-24(22(19)16(15)2)26-21(14-25-23)17-8-4-3-5-9-17;4*1-4(6)3-5(2)7;;;;/h4-10,12-14H,1-3H3;3*3-10,12-14H,1-2H3;4*3-4,6-7H,1-2H3;;;;/q4*-1;;;;;;;;. The number of hydrogen-bond donors (Lipinski definition) is 8. The quantitative estimate of drug-likeness (QED) is 0.0399. The summed E-state index contributed by atoms with van der Waals surface area (Å²) in [6.45, 7) is 31.8. The van der Waals surface area contributed by atoms with Crippen molar-refractivity contribution in [2.24, 2.45) is 0 Å². The molecule has 0 saturated carbocycles. The van der Waals surface area contributed by atoms with E-state index in [-0.39, 0.29) is 103 Å². The number of aliphatic hydroxyl groups is 8. The fourth-order valence-corrected chi connectivity index (χ4v) is 16.7. The minimum absolute atomic E-state index is 0. The van der Waals surface area contributed by atoms with Gasteiger partial charge in [0.15, 0.2) is 0 Å². The Bertz CT molecular complexity index is 7700. The first kappa shape index (κ1) is 108. The minimum Gasteiger partial charge on any atom is -0.513 e. The van der Waals surface area contributed by atoms with Crippen LogP contribution in [0.2, 0.25) is 0 Å². The maximum absolute atomic E-state index is 8.49. The average Bonchev–Trinajstić information content (AvgIpc) is 0.731. The second kappa shape index (κ2) is 49.5. The topological polar surface area (TPSA) is 265 Å². The molecule has 0 amide bonds. The Hall–Kier alpha value is -12.4. The van der Waals surface area contributed by atoms with Crippen LogP contribution in [0.4, 0.5) is 0 Å². The number of aromatic nitrogens is 8. The SMILES string of the molecule is CC(O)=CC(C)O.CC(O)=CC(C)O.CC(O)=CC(C)O.CC(O)=CC(C)O.Cc1c[c-]c2c(c1)c1ccc(C)c(C)c1c1nc(-c3ccccc3)cnc21.Cc1cc(C)c2c(c1)c1ccc[c-]c1c1ncc(-c3ccccc3)nc12.Cc1cc(C)c2c3ccc[c-]c3c3ncc(-c4ccccc4)nc3c2c1.Cc1ccc2c3ccc[c-]c3c3ncc(-c4ccccc4)nc3c2c1C.[Ir].[Ir].[Ir].[Ir]. The zero-order valence-electron chi connectivity index (χ0n) is 79.4. The molecule has 20 heteroatoms. The number of nitrogens with zero attached hydrogens (tertiary/aromatic N) is 8. The van der Waals surface area contributed by atoms with Crippen LogP contribution in [0.1, 0.15) is 105 Å². The molecule has 16 nitrogen and oxygen atoms in total. The van der Waals surface area contributed by atoms with Gasteiger partial charge in [0, 0.05) is 150 Å². The van der Waals surface area contributed by atoms with Crippen molar-refractivity contribution in [3.8, 4) is 45.0 Å². The van der Waals surface area contributed by atoms with Crippen LogP contribution in [0.3, 0.4) is 0 Å². The molecule has 0 saturated heterocycles. The van der Waals surface area contributed by atoms with Gasteiger partial charge in [-0.05, 0) is 190 Å². The van der Waals surface area contributed by atoms with Crippen LogP contribution in [0, 0.1) is 86.6 Å². The van der Waals surface area contributed by atoms with Gasteiger partial charge >= 0.3 is 0 Å². The number of fused-ring (bicyclic) bond motifs is 24. The summed E-state index contributed by atoms with van der Waals surface area (Å²) >= 11 is 0. The number of aryl methyl sites for hydroxylation is 9. The summed E-state index contributed by atoms with van der Waals surface area (Å²) < 4.78 is 0. The molecule has 16 aromatic carbocycles. The van der Waals surface area contributed by atoms with Crippen molar-refractivity contribution in [3.63, 3.8) is 0 Å². The van der Waals surface area contributed by atoms with E-state index in [1.807, 2.05) is 140 Å². The van der Waals surface area contributed by atoms with Crippen molar-refractivity contribution in [2.45, 2.75) is 142 Å². The molecule has 20 rings (SSSR count). The van der Waals surface area contributed by atoms with E-state index in [1.165, 1.54) is 161 Å². The Morgan fingerprint density at radius 1 is 0.263 bits per heavy atom. The maximum atomic E-state index is 8.49. The fourth-order valence-electron chi connectivity index (χ4n) is 16.7. The molecule has 0 aliphatic heterocycles. The molecule has 0 aliphatic rings. The third-order valence-electron chi connectivity index (χ3n) is 22.4. The molecule has 4 atom stereocenters. The molecule has 706 valence electrons. The van der Waals surface area contributed by atoms with Gasteiger partial charge in [0.1, 0.15) is 0 Å². The van der Waals surface area contributed by atoms with E-state index >= 15 is 0 Å². The Morgan fingerprint density at radius 3 is 0.891 bits per heavy atom. The predicted octanol–water partition coefficient (Wildman–Crippen LogP) is 27.7. The van der Waals surface area contributed by atoms with Crippen LogP contribution in [-0.2, 0) is 80.4 Å². The Labute approximate surface area is 854 Å². The molecule has 0 spiro atoms. The molecule has 4 heterocycles. The summed E-state index contributed by atoms with van der Waals surface area (Å²) in [6, 6.07) is 94.9. The number of rotatable bonds is 8. The first-order valence-corrected chi connectivity index (χ1v) is 44.3. The van der Waals surface area contributed by atoms with Gasteiger partial charge in [-0.15, -0.1) is 118 Å². The summed E-state index contributed by atoms with van der Waals surface area (Å²) in [4.78, 5) is 39.4. The maximum Gasteiger partial charge on any atom is 0.0877 e. The first-order chi connectivity index (χ1) is 63.8. The fraction of sp³-hybridized carbons (Fsp3) is 0.179. The van der Waals surface area contributed by atoms with Crippen molar-refractivity contribution in [3.05, 3.63) is 383 Å². The van der Waals surface area contributed by atoms with Crippen molar-refractivity contribution in [2.75, 3.05) is 0 Å². The zero-order valence-corrected chi connectivity index (χ0v) is 89.0. The summed E-state index contributed by atoms with van der Waals surface area (Å²) in [5.41, 5.74) is 26.7. The second-order valence-electron chi connectivity index (χ2n) is 33.7. The molecule has 4 radical (unpaired) electrons. The van der Waals surface area contributed by atoms with E-state index < -0.39 is 24.4 Å². The molecular formula is C117H110Ir4N8O8-4. The van der Waals surface area contributed by atoms with Crippen LogP contribution < -0.4 is 0 Å². The molecule has 8 N–H and O–H groups in total. The molecule has 4 aromatic heterocycles. The first-order valence-electron chi connectivity index (χ1n) is 44.3. The molecular weight excluding hydrogens is 2410 g/mol. The number of allylic oxidation sites excluding steroid dienone is 4. The zero-order chi connectivity index (χ0) is 95.0. The van der Waals surface area contributed by atoms with Gasteiger partial charge in [0.25, 0.3) is 0 Å². The minimum atomic E-state index is -0.537. The van der Waals surface area contributed by atoms with Gasteiger partial charge in [-0.1, -0.05) is 231 Å². The average molecular weight is 2530 g/mol. The van der Waals surface area contributed by atoms with Crippen LogP contribution in [-0.4, -0.2) is 105 Å². The van der Waals surface area contributed by atoms with Crippen molar-refractivity contribution in [1.29, 1.82) is 0 Å². The van der Waals surface area contributed by atoms with Gasteiger partial charge in [0.2, 0.25) is 0 Å². The van der Waals surface area contributed by atoms with Crippen molar-refractivity contribution in [1.82, 2.24) is 39.9 Å². The number of benzene rings is 16. The molecule has 0 fully saturated rings. The Kier molecular flexibility index (Phi) is 39.1. The van der Waals surface area contributed by atoms with Gasteiger partial charge in [0.05, 0.1) is 92.3 Å². The van der Waals surface area contributed by atoms with Crippen LogP contribution in [0.25, 0.3) is 175 Å². The number of aliphatic hydroxyl groups excluding tert-OH is 8. The summed E-state index contributed by atoms with van der Waals surface area (Å²) in [7, 11) is 0. The van der Waals surface area contributed by atoms with Gasteiger partial charge < -0.3 is 60.8 Å². The van der Waals surface area contributed by atoms with E-state index in [9.17, 15) is 0 Å². The molecule has 20 aromatic rings. The molecule has 0 bridgehead atoms. The van der Waals surface area contributed by atoms with Crippen LogP contribution in [0.5, 0.6) is 0 Å². The van der Waals surface area contributed by atoms with E-state index in [0.717, 1.165) is 116 Å². The summed E-state index contributed by atoms with van der Waals surface area (Å²) in [5.74, 6) is 0.648. The smallest absolute Gasteiger partial charge is 0.0877 e. The van der Waals surface area contributed by atoms with Gasteiger partial charge in [-0.2, -0.15) is 0 Å². The Balaban J connectivity index is 0.000000185. The van der Waals surface area contributed by atoms with Crippen molar-refractivity contribution >= 4 is 130 Å². The third-order valence-corrected chi connectivity index (χ3v) is 22.4. The van der Waals surface area contributed by atoms with Gasteiger partial charge in [-0.3, -0.25) is 19.9 Å². The largest absolute Gasteiger partial charge is 0.513 e. The van der Waals surface area contributed by atoms with E-state index in [2.05, 4.69) is 208 Å². The Morgan fingerprint density at radius 2 is 0.547 bits per heavy atom. The normalized spacial score (nSPS) is 12.2. The van der Waals surface area contributed by atoms with Crippen LogP contribution >= 0.6 is 0 Å². The monoisotopic (exact) mass is 2530 g/mol. The van der Waals surface area contributed by atoms with Crippen molar-refractivity contribution < 1.29 is 121 Å². The van der Waals surface area contributed by atoms with E-state index in [0.29, 0.717) is 0 Å². The van der Waals surface area contributed by atoms with E-state index in [4.69, 9.17) is 80.7 Å². The summed E-state index contributed by atoms with van der Waals surface area (Å²) in [5, 5.41) is 86.2. The number of hydrogen-bond acceptors (Lipinski definition) is 16.